The number of β-amino-alcohol motifs (C(OH)–C–C–N with tert-alkyl or cyclic N) is 1. The van der Waals surface area contributed by atoms with Crippen LogP contribution in [-0.2, 0) is 42.9 Å². The molecule has 1 saturated heterocycles. The number of rotatable bonds is 26. The molecule has 4 amide bonds. The van der Waals surface area contributed by atoms with Gasteiger partial charge in [-0.25, -0.2) is 9.37 Å². The number of thiazole rings is 1. The summed E-state index contributed by atoms with van der Waals surface area (Å²) in [5.74, 6) is -2.36. The molecule has 2 aromatic rings. The predicted octanol–water partition coefficient (Wildman–Crippen LogP) is 1.82. The number of aryl methyl sites for hydroxylation is 1. The van der Waals surface area contributed by atoms with E-state index in [2.05, 4.69) is 20.9 Å². The lowest BCUT2D eigenvalue weighted by Gasteiger charge is -2.36. The van der Waals surface area contributed by atoms with Crippen LogP contribution < -0.4 is 21.7 Å². The third-order valence-corrected chi connectivity index (χ3v) is 10.7. The molecule has 58 heavy (non-hydrogen) atoms. The Kier molecular flexibility index (Phi) is 18.9. The van der Waals surface area contributed by atoms with Crippen LogP contribution in [0.1, 0.15) is 63.8 Å². The van der Waals surface area contributed by atoms with Gasteiger partial charge in [-0.05, 0) is 36.3 Å². The number of nitrogens with one attached hydrogen (secondary N) is 3. The smallest absolute Gasteiger partial charge is 0.258 e. The Labute approximate surface area is 344 Å². The molecule has 1 aliphatic heterocycles. The van der Waals surface area contributed by atoms with Crippen LogP contribution in [0.25, 0.3) is 10.4 Å². The molecule has 4 rings (SSSR count). The van der Waals surface area contributed by atoms with E-state index >= 15 is 0 Å². The van der Waals surface area contributed by atoms with Crippen molar-refractivity contribution >= 4 is 35.0 Å². The molecule has 4 unspecified atom stereocenters. The molecule has 1 aliphatic carbocycles. The molecule has 0 spiro atoms. The van der Waals surface area contributed by atoms with Crippen molar-refractivity contribution in [3.05, 3.63) is 41.0 Å². The van der Waals surface area contributed by atoms with Gasteiger partial charge >= 0.3 is 0 Å². The van der Waals surface area contributed by atoms with Gasteiger partial charge in [0.25, 0.3) is 5.91 Å². The largest absolute Gasteiger partial charge is 0.391 e. The van der Waals surface area contributed by atoms with Gasteiger partial charge in [-0.2, -0.15) is 0 Å². The van der Waals surface area contributed by atoms with Gasteiger partial charge in [-0.3, -0.25) is 19.2 Å². The van der Waals surface area contributed by atoms with Crippen LogP contribution in [0, 0.1) is 12.3 Å². The molecule has 1 aromatic heterocycles. The fraction of sp³-hybridized carbons (Fsp3) is 0.675. The minimum absolute atomic E-state index is 0.0482. The number of halogens is 1. The molecule has 2 fully saturated rings. The SMILES string of the molecule is Cc1ncsc1-c1ccc(C(CC(=O)NCCOCCOCCOCCOCCOCCN)NC(=O)C2CC(O)CN2C(=O)C(NC(=O)C2(F)CC2)C(C)(C)C)cc1. The predicted molar refractivity (Wildman–Crippen MR) is 215 cm³/mol. The molecule has 4 atom stereocenters. The Morgan fingerprint density at radius 3 is 2.02 bits per heavy atom. The minimum atomic E-state index is -2.00. The van der Waals surface area contributed by atoms with Gasteiger partial charge in [0.05, 0.1) is 101 Å². The van der Waals surface area contributed by atoms with E-state index in [1.807, 2.05) is 31.2 Å². The fourth-order valence-electron chi connectivity index (χ4n) is 6.27. The highest BCUT2D eigenvalue weighted by Crippen LogP contribution is 2.40. The van der Waals surface area contributed by atoms with E-state index in [0.29, 0.717) is 71.6 Å². The van der Waals surface area contributed by atoms with E-state index in [-0.39, 0.29) is 51.3 Å². The number of carbonyl (C=O) groups excluding carboxylic acids is 4. The second kappa shape index (κ2) is 23.2. The lowest BCUT2D eigenvalue weighted by molar-refractivity contribution is -0.145. The van der Waals surface area contributed by atoms with Crippen molar-refractivity contribution in [3.63, 3.8) is 0 Å². The summed E-state index contributed by atoms with van der Waals surface area (Å²) in [5, 5.41) is 19.0. The molecule has 18 heteroatoms. The van der Waals surface area contributed by atoms with Crippen LogP contribution in [0.4, 0.5) is 4.39 Å². The van der Waals surface area contributed by atoms with Crippen LogP contribution >= 0.6 is 11.3 Å². The molecule has 6 N–H and O–H groups in total. The molecule has 0 radical (unpaired) electrons. The fourth-order valence-corrected chi connectivity index (χ4v) is 7.08. The van der Waals surface area contributed by atoms with E-state index in [1.165, 1.54) is 16.2 Å². The Balaban J connectivity index is 1.28. The lowest BCUT2D eigenvalue weighted by atomic mass is 9.85. The molecule has 16 nitrogen and oxygen atoms in total. The minimum Gasteiger partial charge on any atom is -0.391 e. The van der Waals surface area contributed by atoms with Gasteiger partial charge in [-0.15, -0.1) is 11.3 Å². The zero-order valence-corrected chi connectivity index (χ0v) is 34.9. The van der Waals surface area contributed by atoms with Crippen molar-refractivity contribution < 1.29 is 52.4 Å². The maximum Gasteiger partial charge on any atom is 0.258 e. The van der Waals surface area contributed by atoms with Crippen molar-refractivity contribution in [1.82, 2.24) is 25.8 Å². The van der Waals surface area contributed by atoms with Gasteiger partial charge in [-0.1, -0.05) is 45.0 Å². The average Bonchev–Trinajstić information content (AvgIpc) is 3.59. The number of aromatic nitrogens is 1. The highest BCUT2D eigenvalue weighted by Gasteiger charge is 2.53. The normalized spacial score (nSPS) is 18.4. The molecule has 2 aliphatic rings. The quantitative estimate of drug-likeness (QED) is 0.0860. The van der Waals surface area contributed by atoms with Crippen molar-refractivity contribution in [2.45, 2.75) is 83.3 Å². The molecule has 1 saturated carbocycles. The number of carbonyl (C=O) groups is 4. The summed E-state index contributed by atoms with van der Waals surface area (Å²) in [6, 6.07) is 4.43. The summed E-state index contributed by atoms with van der Waals surface area (Å²) in [6.07, 6.45) is -1.00. The van der Waals surface area contributed by atoms with Crippen LogP contribution in [0.2, 0.25) is 0 Å². The Morgan fingerprint density at radius 1 is 0.931 bits per heavy atom. The van der Waals surface area contributed by atoms with Crippen LogP contribution in [0.15, 0.2) is 29.8 Å². The number of aliphatic hydroxyl groups is 1. The molecular formula is C40H61FN6O10S. The topological polar surface area (TPSA) is 213 Å². The summed E-state index contributed by atoms with van der Waals surface area (Å²) in [5.41, 5.74) is 6.77. The number of aliphatic hydroxyl groups excluding tert-OH is 1. The zero-order valence-electron chi connectivity index (χ0n) is 34.1. The number of hydrogen-bond acceptors (Lipinski definition) is 13. The third kappa shape index (κ3) is 14.9. The number of amides is 4. The monoisotopic (exact) mass is 836 g/mol. The molecule has 1 aromatic carbocycles. The third-order valence-electron chi connectivity index (χ3n) is 9.69. The Bertz CT molecular complexity index is 1600. The number of nitrogens with zero attached hydrogens (tertiary/aromatic N) is 2. The molecule has 324 valence electrons. The maximum absolute atomic E-state index is 14.6. The zero-order chi connectivity index (χ0) is 42.1. The maximum atomic E-state index is 14.6. The van der Waals surface area contributed by atoms with Gasteiger partial charge in [0, 0.05) is 26.1 Å². The average molecular weight is 837 g/mol. The molecule has 0 bridgehead atoms. The number of likely N-dealkylation sites (tertiary alicyclic amines) is 1. The van der Waals surface area contributed by atoms with Crippen molar-refractivity contribution in [2.24, 2.45) is 11.1 Å². The number of nitrogens with two attached hydrogens (primary N) is 1. The first kappa shape index (κ1) is 47.1. The van der Waals surface area contributed by atoms with E-state index in [4.69, 9.17) is 29.4 Å². The van der Waals surface area contributed by atoms with Gasteiger partial charge < -0.3 is 55.4 Å². The second-order valence-electron chi connectivity index (χ2n) is 15.5. The first-order chi connectivity index (χ1) is 27.7. The number of alkyl halides is 1. The number of ether oxygens (including phenoxy) is 5. The first-order valence-corrected chi connectivity index (χ1v) is 20.8. The van der Waals surface area contributed by atoms with E-state index in [1.54, 1.807) is 26.3 Å². The Morgan fingerprint density at radius 2 is 1.50 bits per heavy atom. The van der Waals surface area contributed by atoms with E-state index < -0.39 is 53.0 Å². The van der Waals surface area contributed by atoms with Crippen molar-refractivity contribution in [3.8, 4) is 10.4 Å². The highest BCUT2D eigenvalue weighted by molar-refractivity contribution is 7.13. The summed E-state index contributed by atoms with van der Waals surface area (Å²) in [7, 11) is 0. The summed E-state index contributed by atoms with van der Waals surface area (Å²) < 4.78 is 41.8. The lowest BCUT2D eigenvalue weighted by Crippen LogP contribution is -2.59. The van der Waals surface area contributed by atoms with Crippen LogP contribution in [-0.4, -0.2) is 148 Å². The van der Waals surface area contributed by atoms with E-state index in [9.17, 15) is 28.7 Å². The van der Waals surface area contributed by atoms with Gasteiger partial charge in [0.15, 0.2) is 5.67 Å². The van der Waals surface area contributed by atoms with Crippen LogP contribution in [0.5, 0.6) is 0 Å². The second-order valence-corrected chi connectivity index (χ2v) is 16.3. The molecular weight excluding hydrogens is 776 g/mol. The van der Waals surface area contributed by atoms with Crippen molar-refractivity contribution in [1.29, 1.82) is 0 Å². The Hall–Kier alpha value is -3.62. The van der Waals surface area contributed by atoms with Crippen LogP contribution in [0.3, 0.4) is 0 Å². The summed E-state index contributed by atoms with van der Waals surface area (Å²) in [6.45, 7) is 11.8. The molecule has 2 heterocycles. The van der Waals surface area contributed by atoms with Gasteiger partial charge in [0.2, 0.25) is 17.7 Å². The number of hydrogen-bond donors (Lipinski definition) is 5. The highest BCUT2D eigenvalue weighted by atomic mass is 32.1. The number of benzene rings is 1. The van der Waals surface area contributed by atoms with Gasteiger partial charge in [0.1, 0.15) is 12.1 Å². The summed E-state index contributed by atoms with van der Waals surface area (Å²) >= 11 is 1.51. The van der Waals surface area contributed by atoms with Crippen molar-refractivity contribution in [2.75, 3.05) is 85.7 Å². The first-order valence-electron chi connectivity index (χ1n) is 19.9. The summed E-state index contributed by atoms with van der Waals surface area (Å²) in [4.78, 5) is 60.5. The van der Waals surface area contributed by atoms with E-state index in [0.717, 1.165) is 16.1 Å². The standard InChI is InChI=1S/C40H61FN6O10S/c1-27-34(58-26-44-27)29-7-5-28(6-8-29)31(24-33(49)43-12-14-54-16-18-56-20-22-57-21-19-55-17-15-53-13-11-42)45-36(50)32-23-30(48)25-47(32)37(51)35(39(2,3)4)46-38(52)40(41)9-10-40/h5-8,26,30-32,35,48H,9-25,42H2,1-4H3,(H,43,49)(H,45,50)(H,46,52).